The van der Waals surface area contributed by atoms with Gasteiger partial charge in [0.15, 0.2) is 0 Å². The van der Waals surface area contributed by atoms with Crippen LogP contribution in [0, 0.1) is 13.8 Å². The fourth-order valence-corrected chi connectivity index (χ4v) is 2.71. The molecule has 84 valence electrons. The molecule has 0 bridgehead atoms. The molecule has 0 unspecified atom stereocenters. The molecule has 0 saturated carbocycles. The molecular weight excluding hydrogens is 196 g/mol. The predicted octanol–water partition coefficient (Wildman–Crippen LogP) is 2.92. The van der Waals surface area contributed by atoms with Crippen LogP contribution in [0.4, 0.5) is 0 Å². The second-order valence-electron chi connectivity index (χ2n) is 4.98. The second kappa shape index (κ2) is 3.36. The van der Waals surface area contributed by atoms with E-state index in [4.69, 9.17) is 0 Å². The van der Waals surface area contributed by atoms with Crippen molar-refractivity contribution in [3.8, 4) is 0 Å². The van der Waals surface area contributed by atoms with Crippen LogP contribution in [0.5, 0.6) is 0 Å². The highest BCUT2D eigenvalue weighted by Crippen LogP contribution is 2.28. The Bertz CT molecular complexity index is 551. The van der Waals surface area contributed by atoms with E-state index in [1.165, 1.54) is 27.7 Å². The smallest absolute Gasteiger partial charge is 0.0488 e. The molecule has 0 radical (unpaired) electrons. The van der Waals surface area contributed by atoms with Crippen LogP contribution in [-0.4, -0.2) is 11.1 Å². The number of fused-ring (bicyclic) bond motifs is 3. The SMILES string of the molecule is Cc1cc2cc3n(c2cc1C)[C@H](C)CNC3. The Kier molecular flexibility index (Phi) is 2.08. The molecule has 0 saturated heterocycles. The lowest BCUT2D eigenvalue weighted by Gasteiger charge is -2.24. The van der Waals surface area contributed by atoms with E-state index in [1.54, 1.807) is 0 Å². The minimum absolute atomic E-state index is 0.559. The summed E-state index contributed by atoms with van der Waals surface area (Å²) in [7, 11) is 0. The topological polar surface area (TPSA) is 17.0 Å². The van der Waals surface area contributed by atoms with Crippen LogP contribution in [0.15, 0.2) is 18.2 Å². The summed E-state index contributed by atoms with van der Waals surface area (Å²) in [6, 6.07) is 7.52. The first kappa shape index (κ1) is 9.91. The number of aryl methyl sites for hydroxylation is 2. The number of benzene rings is 1. The number of hydrogen-bond donors (Lipinski definition) is 1. The van der Waals surface area contributed by atoms with Crippen molar-refractivity contribution in [3.05, 3.63) is 35.0 Å². The molecule has 1 aromatic heterocycles. The quantitative estimate of drug-likeness (QED) is 0.713. The highest BCUT2D eigenvalue weighted by molar-refractivity contribution is 5.83. The highest BCUT2D eigenvalue weighted by Gasteiger charge is 2.18. The zero-order valence-corrected chi connectivity index (χ0v) is 10.2. The Balaban J connectivity index is 2.34. The molecule has 1 aliphatic heterocycles. The molecule has 2 heterocycles. The first-order chi connectivity index (χ1) is 7.66. The third-order valence-corrected chi connectivity index (χ3v) is 3.72. The van der Waals surface area contributed by atoms with Crippen molar-refractivity contribution in [2.24, 2.45) is 0 Å². The third-order valence-electron chi connectivity index (χ3n) is 3.72. The lowest BCUT2D eigenvalue weighted by molar-refractivity contribution is 0.439. The number of nitrogens with one attached hydrogen (secondary N) is 1. The maximum absolute atomic E-state index is 3.46. The minimum atomic E-state index is 0.559. The molecule has 1 atom stereocenters. The number of hydrogen-bond acceptors (Lipinski definition) is 1. The maximum Gasteiger partial charge on any atom is 0.0488 e. The molecule has 0 spiro atoms. The first-order valence-corrected chi connectivity index (χ1v) is 5.98. The monoisotopic (exact) mass is 214 g/mol. The van der Waals surface area contributed by atoms with Gasteiger partial charge in [-0.25, -0.2) is 0 Å². The molecule has 1 N–H and O–H groups in total. The summed E-state index contributed by atoms with van der Waals surface area (Å²) in [5.41, 5.74) is 5.58. The van der Waals surface area contributed by atoms with Gasteiger partial charge < -0.3 is 9.88 Å². The Labute approximate surface area is 96.3 Å². The van der Waals surface area contributed by atoms with Gasteiger partial charge in [0.1, 0.15) is 0 Å². The Morgan fingerprint density at radius 1 is 1.19 bits per heavy atom. The van der Waals surface area contributed by atoms with Gasteiger partial charge in [-0.2, -0.15) is 0 Å². The van der Waals surface area contributed by atoms with Crippen molar-refractivity contribution in [3.63, 3.8) is 0 Å². The van der Waals surface area contributed by atoms with Crippen molar-refractivity contribution in [1.29, 1.82) is 0 Å². The average Bonchev–Trinajstić information content (AvgIpc) is 2.58. The fraction of sp³-hybridized carbons (Fsp3) is 0.429. The lowest BCUT2D eigenvalue weighted by atomic mass is 10.1. The van der Waals surface area contributed by atoms with Gasteiger partial charge in [-0.1, -0.05) is 0 Å². The molecular formula is C14H18N2. The average molecular weight is 214 g/mol. The number of rotatable bonds is 0. The maximum atomic E-state index is 3.46. The molecule has 2 heteroatoms. The van der Waals surface area contributed by atoms with Gasteiger partial charge >= 0.3 is 0 Å². The molecule has 0 amide bonds. The van der Waals surface area contributed by atoms with Gasteiger partial charge in [0, 0.05) is 35.7 Å². The highest BCUT2D eigenvalue weighted by atomic mass is 15.1. The molecule has 1 aliphatic rings. The van der Waals surface area contributed by atoms with Crippen molar-refractivity contribution in [2.75, 3.05) is 6.54 Å². The van der Waals surface area contributed by atoms with Gasteiger partial charge in [-0.3, -0.25) is 0 Å². The van der Waals surface area contributed by atoms with E-state index in [0.29, 0.717) is 6.04 Å². The molecule has 0 aliphatic carbocycles. The molecule has 2 aromatic rings. The Hall–Kier alpha value is -1.28. The van der Waals surface area contributed by atoms with Crippen LogP contribution in [0.25, 0.3) is 10.9 Å². The lowest BCUT2D eigenvalue weighted by Crippen LogP contribution is -2.30. The summed E-state index contributed by atoms with van der Waals surface area (Å²) in [6.45, 7) is 8.73. The van der Waals surface area contributed by atoms with Crippen molar-refractivity contribution in [1.82, 2.24) is 9.88 Å². The van der Waals surface area contributed by atoms with Gasteiger partial charge in [0.2, 0.25) is 0 Å². The fourth-order valence-electron chi connectivity index (χ4n) is 2.71. The summed E-state index contributed by atoms with van der Waals surface area (Å²) in [6.07, 6.45) is 0. The first-order valence-electron chi connectivity index (χ1n) is 5.98. The summed E-state index contributed by atoms with van der Waals surface area (Å²) >= 11 is 0. The van der Waals surface area contributed by atoms with Crippen LogP contribution in [0.3, 0.4) is 0 Å². The molecule has 1 aromatic carbocycles. The summed E-state index contributed by atoms with van der Waals surface area (Å²) in [5.74, 6) is 0. The molecule has 3 rings (SSSR count). The predicted molar refractivity (Wildman–Crippen MR) is 67.8 cm³/mol. The number of aromatic nitrogens is 1. The standard InChI is InChI=1S/C14H18N2/c1-9-4-12-6-13-8-15-7-11(3)16(13)14(12)5-10(9)2/h4-6,11,15H,7-8H2,1-3H3/t11-/m1/s1. The van der Waals surface area contributed by atoms with E-state index in [0.717, 1.165) is 13.1 Å². The minimum Gasteiger partial charge on any atom is -0.339 e. The van der Waals surface area contributed by atoms with Gasteiger partial charge in [0.25, 0.3) is 0 Å². The van der Waals surface area contributed by atoms with Crippen LogP contribution < -0.4 is 5.32 Å². The Morgan fingerprint density at radius 2 is 1.94 bits per heavy atom. The van der Waals surface area contributed by atoms with Crippen molar-refractivity contribution in [2.45, 2.75) is 33.4 Å². The Morgan fingerprint density at radius 3 is 2.75 bits per heavy atom. The second-order valence-corrected chi connectivity index (χ2v) is 4.98. The van der Waals surface area contributed by atoms with E-state index in [2.05, 4.69) is 48.9 Å². The van der Waals surface area contributed by atoms with E-state index < -0.39 is 0 Å². The third kappa shape index (κ3) is 1.30. The molecule has 0 fully saturated rings. The van der Waals surface area contributed by atoms with E-state index in [-0.39, 0.29) is 0 Å². The van der Waals surface area contributed by atoms with Crippen LogP contribution in [0.1, 0.15) is 29.8 Å². The van der Waals surface area contributed by atoms with Crippen molar-refractivity contribution < 1.29 is 0 Å². The van der Waals surface area contributed by atoms with Gasteiger partial charge in [-0.15, -0.1) is 0 Å². The van der Waals surface area contributed by atoms with Crippen LogP contribution in [0.2, 0.25) is 0 Å². The normalized spacial score (nSPS) is 20.1. The zero-order chi connectivity index (χ0) is 11.3. The van der Waals surface area contributed by atoms with Gasteiger partial charge in [0.05, 0.1) is 0 Å². The molecule has 2 nitrogen and oxygen atoms in total. The largest absolute Gasteiger partial charge is 0.339 e. The van der Waals surface area contributed by atoms with Crippen molar-refractivity contribution >= 4 is 10.9 Å². The summed E-state index contributed by atoms with van der Waals surface area (Å²) < 4.78 is 2.48. The van der Waals surface area contributed by atoms with E-state index in [9.17, 15) is 0 Å². The summed E-state index contributed by atoms with van der Waals surface area (Å²) in [4.78, 5) is 0. The van der Waals surface area contributed by atoms with Crippen LogP contribution >= 0.6 is 0 Å². The van der Waals surface area contributed by atoms with E-state index in [1.807, 2.05) is 0 Å². The van der Waals surface area contributed by atoms with E-state index >= 15 is 0 Å². The van der Waals surface area contributed by atoms with Gasteiger partial charge in [-0.05, 0) is 50.1 Å². The zero-order valence-electron chi connectivity index (χ0n) is 10.2. The van der Waals surface area contributed by atoms with Crippen LogP contribution in [-0.2, 0) is 6.54 Å². The molecule has 16 heavy (non-hydrogen) atoms. The summed E-state index contributed by atoms with van der Waals surface area (Å²) in [5, 5.41) is 4.84. The number of nitrogens with zero attached hydrogens (tertiary/aromatic N) is 1.